The molecule has 89 heavy (non-hydrogen) atoms. The van der Waals surface area contributed by atoms with Crippen molar-refractivity contribution in [3.8, 4) is 0 Å². The van der Waals surface area contributed by atoms with E-state index in [1.165, 1.54) is 18.2 Å². The van der Waals surface area contributed by atoms with Gasteiger partial charge in [-0.2, -0.15) is 46.7 Å². The number of benzene rings is 4. The molecule has 0 fully saturated rings. The summed E-state index contributed by atoms with van der Waals surface area (Å²) in [4.78, 5) is 9.76. The fraction of sp³-hybridized carbons (Fsp3) is 0.464. The van der Waals surface area contributed by atoms with Gasteiger partial charge in [0.1, 0.15) is 21.6 Å². The average Bonchev–Trinajstić information content (AvgIpc) is 1.62. The first-order valence-electron chi connectivity index (χ1n) is 27.7. The molecule has 0 radical (unpaired) electrons. The topological polar surface area (TPSA) is 419 Å². The number of allylic oxidation sites excluding steroid dienone is 8. The first-order chi connectivity index (χ1) is 41.5. The molecule has 0 spiro atoms. The molecule has 492 valence electrons. The van der Waals surface area contributed by atoms with Gasteiger partial charge in [0.05, 0.1) is 84.5 Å². The van der Waals surface area contributed by atoms with E-state index in [0.29, 0.717) is 80.5 Å². The first kappa shape index (κ1) is 72.6. The first-order valence-corrected chi connectivity index (χ1v) is 36.6. The lowest BCUT2D eigenvalue weighted by atomic mass is 9.74. The van der Waals surface area contributed by atoms with Crippen LogP contribution in [0.5, 0.6) is 0 Å². The van der Waals surface area contributed by atoms with Crippen molar-refractivity contribution in [1.82, 2.24) is 0 Å². The molecule has 2 atom stereocenters. The predicted octanol–water partition coefficient (Wildman–Crippen LogP) is 6.02. The number of aliphatic carboxylic acids is 1. The number of hydrogen-bond acceptors (Lipinski definition) is 20. The molecule has 2 heterocycles. The molecule has 2 unspecified atom stereocenters. The highest BCUT2D eigenvalue weighted by Gasteiger charge is 2.49. The second kappa shape index (κ2) is 30.3. The van der Waals surface area contributed by atoms with Crippen LogP contribution < -0.4 is 4.90 Å². The molecule has 0 aromatic heterocycles. The predicted molar refractivity (Wildman–Crippen MR) is 325 cm³/mol. The molecule has 2 aliphatic rings. The molecular formula is C56H72N2O25S6. The molecule has 4 aromatic rings. The summed E-state index contributed by atoms with van der Waals surface area (Å²) < 4.78 is 242. The van der Waals surface area contributed by atoms with Crippen LogP contribution in [-0.4, -0.2) is 190 Å². The zero-order valence-electron chi connectivity index (χ0n) is 48.8. The van der Waals surface area contributed by atoms with E-state index < -0.39 is 109 Å². The maximum atomic E-state index is 12.8. The molecule has 0 bridgehead atoms. The van der Waals surface area contributed by atoms with Gasteiger partial charge in [-0.1, -0.05) is 42.9 Å². The lowest BCUT2D eigenvalue weighted by Crippen LogP contribution is -2.32. The number of anilines is 1. The van der Waals surface area contributed by atoms with Gasteiger partial charge in [-0.3, -0.25) is 27.6 Å². The van der Waals surface area contributed by atoms with Crippen LogP contribution >= 0.6 is 0 Å². The summed E-state index contributed by atoms with van der Waals surface area (Å²) in [7, 11) is -28.4. The fourth-order valence-corrected chi connectivity index (χ4v) is 14.8. The van der Waals surface area contributed by atoms with E-state index in [2.05, 4.69) is 0 Å². The quantitative estimate of drug-likeness (QED) is 0.0130. The smallest absolute Gasteiger partial charge is 0.303 e. The van der Waals surface area contributed by atoms with E-state index in [-0.39, 0.29) is 111 Å². The standard InChI is InChI=1S/C56H72N2O25S6/c1-55(21-12-34-84(61,62)63)50(58(24-13-35-85(64,65)66)46-19-17-42-44(53(46)55)36-40(86(67,68)69)38-48(42)88(73,74)75)14-8-5-4-6-9-15-51-56(2,22-25-80-28-29-82-32-33-83-31-30-81-27-26-79-3)54-45-37-41(87(70,71)72)39-49(89(76,77)78)43(45)18-20-47(54)57(51)23-11-7-10-16-52(59)60/h4-6,8-9,14-15,17-20,36-39H,7,10-13,16,21-35H2,1-3H3,(H6-,59,60,61,62,63,64,65,66,67,68,69,70,71,72,73,74,75,76,77,78). The van der Waals surface area contributed by atoms with E-state index in [1.807, 2.05) is 4.90 Å². The summed E-state index contributed by atoms with van der Waals surface area (Å²) in [6.45, 7) is 5.93. The Morgan fingerprint density at radius 2 is 1.08 bits per heavy atom. The third kappa shape index (κ3) is 19.3. The monoisotopic (exact) mass is 1360 g/mol. The van der Waals surface area contributed by atoms with Crippen LogP contribution in [0.25, 0.3) is 21.5 Å². The van der Waals surface area contributed by atoms with Gasteiger partial charge in [0.2, 0.25) is 5.69 Å². The van der Waals surface area contributed by atoms with E-state index in [4.69, 9.17) is 23.7 Å². The van der Waals surface area contributed by atoms with Crippen molar-refractivity contribution in [2.24, 2.45) is 0 Å². The second-order valence-electron chi connectivity index (χ2n) is 21.3. The van der Waals surface area contributed by atoms with Crippen LogP contribution in [-0.2, 0) is 100 Å². The van der Waals surface area contributed by atoms with E-state index >= 15 is 0 Å². The Hall–Kier alpha value is -5.44. The minimum absolute atomic E-state index is 0.0181. The Kier molecular flexibility index (Phi) is 24.7. The fourth-order valence-electron chi connectivity index (χ4n) is 11.1. The molecule has 6 rings (SSSR count). The number of carboxylic acid groups (broad SMARTS) is 1. The largest absolute Gasteiger partial charge is 0.744 e. The Morgan fingerprint density at radius 1 is 0.562 bits per heavy atom. The van der Waals surface area contributed by atoms with Gasteiger partial charge in [0.25, 0.3) is 50.6 Å². The molecule has 33 heteroatoms. The molecule has 6 N–H and O–H groups in total. The van der Waals surface area contributed by atoms with Crippen molar-refractivity contribution in [2.45, 2.75) is 95.6 Å². The van der Waals surface area contributed by atoms with Crippen molar-refractivity contribution in [2.75, 3.05) is 96.1 Å². The number of fused-ring (bicyclic) bond motifs is 6. The number of hydrogen-bond donors (Lipinski definition) is 6. The van der Waals surface area contributed by atoms with Crippen LogP contribution in [0.15, 0.2) is 116 Å². The Bertz CT molecular complexity index is 4150. The number of ether oxygens (including phenoxy) is 5. The summed E-state index contributed by atoms with van der Waals surface area (Å²) in [5.74, 6) is -2.49. The minimum Gasteiger partial charge on any atom is -0.744 e. The Balaban J connectivity index is 1.43. The van der Waals surface area contributed by atoms with Gasteiger partial charge in [-0.05, 0) is 110 Å². The average molecular weight is 1370 g/mol. The van der Waals surface area contributed by atoms with Crippen molar-refractivity contribution >= 4 is 105 Å². The highest BCUT2D eigenvalue weighted by Crippen LogP contribution is 2.54. The normalized spacial score (nSPS) is 18.3. The number of carboxylic acids is 1. The van der Waals surface area contributed by atoms with E-state index in [0.717, 1.165) is 12.1 Å². The molecule has 0 saturated carbocycles. The molecule has 4 aromatic carbocycles. The Morgan fingerprint density at radius 3 is 1.63 bits per heavy atom. The highest BCUT2D eigenvalue weighted by atomic mass is 32.2. The number of nitrogens with zero attached hydrogens (tertiary/aromatic N) is 2. The zero-order chi connectivity index (χ0) is 65.8. The van der Waals surface area contributed by atoms with Crippen molar-refractivity contribution in [3.05, 3.63) is 108 Å². The molecule has 27 nitrogen and oxygen atoms in total. The minimum atomic E-state index is -5.37. The Labute approximate surface area is 517 Å². The van der Waals surface area contributed by atoms with Gasteiger partial charge < -0.3 is 38.2 Å². The SMILES string of the molecule is COCCOCCOCCOCCOCCC1(C)\C(=C/C=C/C=C/C=C/C2=[N+](CCCS(=O)(=O)O)c3ccc4c(S(=O)(=O)O)cc(S(=O)(=O)O)cc4c3C2(C)CCCS(=O)(=O)O)N(CCCCCC(=O)O)c2ccc3c(S(=O)(=O)[O-])cc(S(=O)(=O)O)cc3c21. The number of unbranched alkanes of at least 4 members (excludes halogenated alkanes) is 2. The number of carbonyl (C=O) groups is 1. The van der Waals surface area contributed by atoms with Crippen molar-refractivity contribution in [3.63, 3.8) is 0 Å². The van der Waals surface area contributed by atoms with Gasteiger partial charge >= 0.3 is 5.97 Å². The summed E-state index contributed by atoms with van der Waals surface area (Å²) in [6, 6.07) is 8.81. The summed E-state index contributed by atoms with van der Waals surface area (Å²) in [5, 5.41) is 8.92. The van der Waals surface area contributed by atoms with Crippen LogP contribution in [0.1, 0.15) is 76.3 Å². The summed E-state index contributed by atoms with van der Waals surface area (Å²) in [6.07, 6.45) is 11.9. The van der Waals surface area contributed by atoms with Crippen LogP contribution in [0, 0.1) is 0 Å². The highest BCUT2D eigenvalue weighted by molar-refractivity contribution is 7.87. The zero-order valence-corrected chi connectivity index (χ0v) is 53.7. The van der Waals surface area contributed by atoms with Gasteiger partial charge in [-0.15, -0.1) is 0 Å². The van der Waals surface area contributed by atoms with Crippen LogP contribution in [0.2, 0.25) is 0 Å². The summed E-state index contributed by atoms with van der Waals surface area (Å²) >= 11 is 0. The maximum absolute atomic E-state index is 12.8. The van der Waals surface area contributed by atoms with Crippen LogP contribution in [0.4, 0.5) is 11.4 Å². The lowest BCUT2D eigenvalue weighted by molar-refractivity contribution is -0.437. The molecule has 0 amide bonds. The number of rotatable bonds is 37. The van der Waals surface area contributed by atoms with E-state index in [9.17, 15) is 87.7 Å². The number of methoxy groups -OCH3 is 1. The van der Waals surface area contributed by atoms with Gasteiger partial charge in [-0.25, -0.2) is 8.42 Å². The summed E-state index contributed by atoms with van der Waals surface area (Å²) in [5.41, 5.74) is -0.533. The molecule has 0 saturated heterocycles. The lowest BCUT2D eigenvalue weighted by Gasteiger charge is -2.31. The molecular weight excluding hydrogens is 1290 g/mol. The third-order valence-corrected chi connectivity index (χ3v) is 20.1. The molecule has 0 aliphatic carbocycles. The van der Waals surface area contributed by atoms with Gasteiger partial charge in [0.15, 0.2) is 5.71 Å². The van der Waals surface area contributed by atoms with Gasteiger partial charge in [0, 0.05) is 73.0 Å². The molecule has 2 aliphatic heterocycles. The maximum Gasteiger partial charge on any atom is 0.303 e. The van der Waals surface area contributed by atoms with Crippen LogP contribution in [0.3, 0.4) is 0 Å². The van der Waals surface area contributed by atoms with E-state index in [1.54, 1.807) is 74.1 Å². The van der Waals surface area contributed by atoms with Crippen molar-refractivity contribution in [1.29, 1.82) is 0 Å². The third-order valence-electron chi connectivity index (χ3n) is 15.0. The second-order valence-corrected chi connectivity index (χ2v) is 30.0. The van der Waals surface area contributed by atoms with Crippen molar-refractivity contribution < 1.29 is 116 Å².